The molecule has 3 rings (SSSR count). The second-order valence-corrected chi connectivity index (χ2v) is 5.28. The van der Waals surface area contributed by atoms with Crippen molar-refractivity contribution in [3.8, 4) is 11.4 Å². The normalized spacial score (nSPS) is 22.8. The lowest BCUT2D eigenvalue weighted by molar-refractivity contribution is 0.353. The Morgan fingerprint density at radius 3 is 2.68 bits per heavy atom. The highest BCUT2D eigenvalue weighted by Crippen LogP contribution is 2.33. The summed E-state index contributed by atoms with van der Waals surface area (Å²) in [6, 6.07) is 8.60. The molecular weight excluding hydrogens is 238 g/mol. The molecule has 1 aromatic heterocycles. The molecule has 0 radical (unpaired) electrons. The van der Waals surface area contributed by atoms with Crippen LogP contribution in [0.1, 0.15) is 43.6 Å². The smallest absolute Gasteiger partial charge is 0.230 e. The summed E-state index contributed by atoms with van der Waals surface area (Å²) in [5.41, 5.74) is 8.25. The van der Waals surface area contributed by atoms with E-state index in [4.69, 9.17) is 10.3 Å². The molecule has 4 heteroatoms. The molecule has 0 unspecified atom stereocenters. The summed E-state index contributed by atoms with van der Waals surface area (Å²) in [5, 5.41) is 4.08. The van der Waals surface area contributed by atoms with Gasteiger partial charge in [-0.2, -0.15) is 4.98 Å². The molecule has 2 aromatic rings. The third-order valence-electron chi connectivity index (χ3n) is 3.88. The minimum atomic E-state index is 0.282. The van der Waals surface area contributed by atoms with Gasteiger partial charge in [-0.05, 0) is 31.2 Å². The first-order valence-electron chi connectivity index (χ1n) is 6.94. The molecule has 0 bridgehead atoms. The summed E-state index contributed by atoms with van der Waals surface area (Å²) in [4.78, 5) is 4.52. The fraction of sp³-hybridized carbons (Fsp3) is 0.467. The number of hydrogen-bond donors (Lipinski definition) is 1. The van der Waals surface area contributed by atoms with Crippen LogP contribution in [0, 0.1) is 0 Å². The molecule has 1 fully saturated rings. The van der Waals surface area contributed by atoms with Gasteiger partial charge in [0.05, 0.1) is 0 Å². The maximum atomic E-state index is 5.92. The van der Waals surface area contributed by atoms with Crippen molar-refractivity contribution in [2.75, 3.05) is 0 Å². The summed E-state index contributed by atoms with van der Waals surface area (Å²) in [6.07, 6.45) is 4.10. The molecule has 1 heterocycles. The average Bonchev–Trinajstić information content (AvgIpc) is 3.07. The van der Waals surface area contributed by atoms with Crippen LogP contribution in [0.2, 0.25) is 0 Å². The highest BCUT2D eigenvalue weighted by atomic mass is 16.5. The van der Waals surface area contributed by atoms with E-state index < -0.39 is 0 Å². The van der Waals surface area contributed by atoms with Crippen LogP contribution in [0.15, 0.2) is 28.8 Å². The lowest BCUT2D eigenvalue weighted by atomic mass is 10.1. The van der Waals surface area contributed by atoms with Gasteiger partial charge >= 0.3 is 0 Å². The molecule has 0 amide bonds. The Kier molecular flexibility index (Phi) is 3.34. The summed E-state index contributed by atoms with van der Waals surface area (Å²) in [6.45, 7) is 2.14. The van der Waals surface area contributed by atoms with Crippen LogP contribution < -0.4 is 5.73 Å². The fourth-order valence-electron chi connectivity index (χ4n) is 2.65. The molecule has 2 atom stereocenters. The van der Waals surface area contributed by atoms with E-state index in [2.05, 4.69) is 29.2 Å². The fourth-order valence-corrected chi connectivity index (χ4v) is 2.65. The van der Waals surface area contributed by atoms with Crippen molar-refractivity contribution in [3.05, 3.63) is 35.7 Å². The summed E-state index contributed by atoms with van der Waals surface area (Å²) in [5.74, 6) is 1.76. The van der Waals surface area contributed by atoms with E-state index in [1.807, 2.05) is 12.1 Å². The highest BCUT2D eigenvalue weighted by Gasteiger charge is 2.27. The average molecular weight is 257 g/mol. The Morgan fingerprint density at radius 2 is 2.05 bits per heavy atom. The van der Waals surface area contributed by atoms with E-state index in [0.29, 0.717) is 11.7 Å². The molecule has 1 aliphatic rings. The number of aromatic nitrogens is 2. The summed E-state index contributed by atoms with van der Waals surface area (Å²) >= 11 is 0. The largest absolute Gasteiger partial charge is 0.339 e. The highest BCUT2D eigenvalue weighted by molar-refractivity contribution is 5.54. The number of benzene rings is 1. The standard InChI is InChI=1S/C15H19N3O/c1-2-10-3-5-11(6-4-10)14-17-15(19-18-14)12-7-8-13(16)9-12/h3-6,12-13H,2,7-9,16H2,1H3/t12-,13+/m1/s1. The van der Waals surface area contributed by atoms with Gasteiger partial charge in [-0.1, -0.05) is 36.3 Å². The zero-order chi connectivity index (χ0) is 13.2. The topological polar surface area (TPSA) is 64.9 Å². The third kappa shape index (κ3) is 2.54. The van der Waals surface area contributed by atoms with E-state index >= 15 is 0 Å². The Labute approximate surface area is 113 Å². The Balaban J connectivity index is 1.80. The van der Waals surface area contributed by atoms with Crippen molar-refractivity contribution in [2.45, 2.75) is 44.6 Å². The Bertz CT molecular complexity index is 547. The SMILES string of the molecule is CCc1ccc(-c2noc([C@@H]3CC[C@H](N)C3)n2)cc1. The molecule has 4 nitrogen and oxygen atoms in total. The molecule has 100 valence electrons. The van der Waals surface area contributed by atoms with E-state index in [1.165, 1.54) is 5.56 Å². The molecule has 1 aromatic carbocycles. The molecular formula is C15H19N3O. The van der Waals surface area contributed by atoms with Crippen LogP contribution in [0.4, 0.5) is 0 Å². The molecule has 19 heavy (non-hydrogen) atoms. The first-order valence-corrected chi connectivity index (χ1v) is 6.94. The minimum absolute atomic E-state index is 0.282. The molecule has 0 saturated heterocycles. The summed E-state index contributed by atoms with van der Waals surface area (Å²) < 4.78 is 5.39. The number of hydrogen-bond acceptors (Lipinski definition) is 4. The maximum absolute atomic E-state index is 5.92. The van der Waals surface area contributed by atoms with Crippen molar-refractivity contribution in [2.24, 2.45) is 5.73 Å². The first-order chi connectivity index (χ1) is 9.26. The van der Waals surface area contributed by atoms with Gasteiger partial charge in [-0.25, -0.2) is 0 Å². The van der Waals surface area contributed by atoms with Crippen LogP contribution in [0.3, 0.4) is 0 Å². The predicted molar refractivity (Wildman–Crippen MR) is 73.7 cm³/mol. The lowest BCUT2D eigenvalue weighted by Crippen LogP contribution is -2.14. The van der Waals surface area contributed by atoms with Crippen LogP contribution in [0.5, 0.6) is 0 Å². The molecule has 2 N–H and O–H groups in total. The zero-order valence-corrected chi connectivity index (χ0v) is 11.2. The molecule has 0 aliphatic heterocycles. The van der Waals surface area contributed by atoms with Gasteiger partial charge in [0.2, 0.25) is 11.7 Å². The second-order valence-electron chi connectivity index (χ2n) is 5.28. The number of nitrogens with two attached hydrogens (primary N) is 1. The minimum Gasteiger partial charge on any atom is -0.339 e. The van der Waals surface area contributed by atoms with Gasteiger partial charge in [0, 0.05) is 17.5 Å². The quantitative estimate of drug-likeness (QED) is 0.918. The van der Waals surface area contributed by atoms with Gasteiger partial charge in [0.25, 0.3) is 0 Å². The van der Waals surface area contributed by atoms with Gasteiger partial charge in [0.15, 0.2) is 0 Å². The van der Waals surface area contributed by atoms with Gasteiger partial charge in [-0.15, -0.1) is 0 Å². The lowest BCUT2D eigenvalue weighted by Gasteiger charge is -2.01. The monoisotopic (exact) mass is 257 g/mol. The third-order valence-corrected chi connectivity index (χ3v) is 3.88. The predicted octanol–water partition coefficient (Wildman–Crippen LogP) is 2.89. The molecule has 1 saturated carbocycles. The van der Waals surface area contributed by atoms with Crippen molar-refractivity contribution in [1.82, 2.24) is 10.1 Å². The van der Waals surface area contributed by atoms with Crippen LogP contribution in [-0.2, 0) is 6.42 Å². The van der Waals surface area contributed by atoms with Gasteiger partial charge in [0.1, 0.15) is 0 Å². The maximum Gasteiger partial charge on any atom is 0.230 e. The van der Waals surface area contributed by atoms with Crippen molar-refractivity contribution in [3.63, 3.8) is 0 Å². The summed E-state index contributed by atoms with van der Waals surface area (Å²) in [7, 11) is 0. The number of aryl methyl sites for hydroxylation is 1. The van der Waals surface area contributed by atoms with Crippen molar-refractivity contribution >= 4 is 0 Å². The Morgan fingerprint density at radius 1 is 1.26 bits per heavy atom. The van der Waals surface area contributed by atoms with Crippen LogP contribution in [-0.4, -0.2) is 16.2 Å². The molecule has 1 aliphatic carbocycles. The van der Waals surface area contributed by atoms with Crippen molar-refractivity contribution < 1.29 is 4.52 Å². The van der Waals surface area contributed by atoms with Crippen LogP contribution in [0.25, 0.3) is 11.4 Å². The Hall–Kier alpha value is -1.68. The van der Waals surface area contributed by atoms with E-state index in [1.54, 1.807) is 0 Å². The second kappa shape index (κ2) is 5.13. The van der Waals surface area contributed by atoms with Gasteiger partial charge < -0.3 is 10.3 Å². The first kappa shape index (κ1) is 12.4. The zero-order valence-electron chi connectivity index (χ0n) is 11.2. The van der Waals surface area contributed by atoms with E-state index in [-0.39, 0.29) is 6.04 Å². The molecule has 0 spiro atoms. The van der Waals surface area contributed by atoms with E-state index in [9.17, 15) is 0 Å². The van der Waals surface area contributed by atoms with Gasteiger partial charge in [-0.3, -0.25) is 0 Å². The van der Waals surface area contributed by atoms with Crippen LogP contribution >= 0.6 is 0 Å². The number of rotatable bonds is 3. The van der Waals surface area contributed by atoms with Crippen molar-refractivity contribution in [1.29, 1.82) is 0 Å². The number of nitrogens with zero attached hydrogens (tertiary/aromatic N) is 2. The van der Waals surface area contributed by atoms with E-state index in [0.717, 1.165) is 37.1 Å².